The zero-order valence-electron chi connectivity index (χ0n) is 14.5. The van der Waals surface area contributed by atoms with Crippen LogP contribution >= 0.6 is 11.6 Å². The number of halogens is 1. The number of aryl methyl sites for hydroxylation is 1. The fourth-order valence-electron chi connectivity index (χ4n) is 2.48. The van der Waals surface area contributed by atoms with Crippen molar-refractivity contribution in [3.8, 4) is 0 Å². The Bertz CT molecular complexity index is 680. The summed E-state index contributed by atoms with van der Waals surface area (Å²) in [6.07, 6.45) is 0.759. The maximum atomic E-state index is 12.0. The van der Waals surface area contributed by atoms with Crippen LogP contribution in [0.25, 0.3) is 0 Å². The molecule has 2 N–H and O–H groups in total. The fraction of sp³-hybridized carbons (Fsp3) is 0.350. The Morgan fingerprint density at radius 3 is 2.46 bits per heavy atom. The van der Waals surface area contributed by atoms with Gasteiger partial charge in [0.05, 0.1) is 0 Å². The Kier molecular flexibility index (Phi) is 6.27. The van der Waals surface area contributed by atoms with Gasteiger partial charge in [0.1, 0.15) is 0 Å². The Balaban J connectivity index is 1.77. The Labute approximate surface area is 149 Å². The standard InChI is InChI=1S/C20H25ClN2O/c1-15-7-9-17(10-8-15)20(2,3)14-23-19(24)22-12-11-16-5-4-6-18(21)13-16/h4-10,13H,11-12,14H2,1-3H3,(H2,22,23,24). The van der Waals surface area contributed by atoms with Crippen molar-refractivity contribution < 1.29 is 4.79 Å². The second kappa shape index (κ2) is 8.20. The van der Waals surface area contributed by atoms with Crippen LogP contribution in [-0.4, -0.2) is 19.1 Å². The topological polar surface area (TPSA) is 41.1 Å². The molecule has 0 spiro atoms. The lowest BCUT2D eigenvalue weighted by molar-refractivity contribution is 0.238. The van der Waals surface area contributed by atoms with Crippen LogP contribution in [-0.2, 0) is 11.8 Å². The molecule has 2 aromatic rings. The number of amides is 2. The molecule has 0 bridgehead atoms. The lowest BCUT2D eigenvalue weighted by Gasteiger charge is -2.26. The first kappa shape index (κ1) is 18.3. The predicted octanol–water partition coefficient (Wildman–Crippen LogP) is 4.47. The minimum Gasteiger partial charge on any atom is -0.338 e. The van der Waals surface area contributed by atoms with E-state index in [9.17, 15) is 4.79 Å². The van der Waals surface area contributed by atoms with Crippen LogP contribution < -0.4 is 10.6 Å². The van der Waals surface area contributed by atoms with Crippen LogP contribution in [0.15, 0.2) is 48.5 Å². The van der Waals surface area contributed by atoms with Crippen molar-refractivity contribution in [2.45, 2.75) is 32.6 Å². The highest BCUT2D eigenvalue weighted by atomic mass is 35.5. The van der Waals surface area contributed by atoms with Gasteiger partial charge in [-0.05, 0) is 36.6 Å². The van der Waals surface area contributed by atoms with E-state index in [0.717, 1.165) is 17.0 Å². The van der Waals surface area contributed by atoms with Crippen molar-refractivity contribution in [3.63, 3.8) is 0 Å². The smallest absolute Gasteiger partial charge is 0.314 e. The van der Waals surface area contributed by atoms with E-state index >= 15 is 0 Å². The van der Waals surface area contributed by atoms with E-state index in [2.05, 4.69) is 55.7 Å². The molecule has 0 saturated carbocycles. The van der Waals surface area contributed by atoms with E-state index in [0.29, 0.717) is 13.1 Å². The van der Waals surface area contributed by atoms with Gasteiger partial charge in [0.2, 0.25) is 0 Å². The zero-order chi connectivity index (χ0) is 17.6. The third-order valence-corrected chi connectivity index (χ3v) is 4.35. The highest BCUT2D eigenvalue weighted by molar-refractivity contribution is 6.30. The molecule has 3 nitrogen and oxygen atoms in total. The molecule has 0 atom stereocenters. The third-order valence-electron chi connectivity index (χ3n) is 4.11. The Hall–Kier alpha value is -2.00. The molecule has 2 aromatic carbocycles. The van der Waals surface area contributed by atoms with Gasteiger partial charge in [0, 0.05) is 23.5 Å². The number of nitrogens with one attached hydrogen (secondary N) is 2. The van der Waals surface area contributed by atoms with Gasteiger partial charge in [0.25, 0.3) is 0 Å². The highest BCUT2D eigenvalue weighted by Crippen LogP contribution is 2.22. The van der Waals surface area contributed by atoms with Gasteiger partial charge >= 0.3 is 6.03 Å². The maximum absolute atomic E-state index is 12.0. The van der Waals surface area contributed by atoms with Crippen LogP contribution in [0.3, 0.4) is 0 Å². The molecule has 0 radical (unpaired) electrons. The first-order valence-electron chi connectivity index (χ1n) is 8.20. The normalized spacial score (nSPS) is 11.2. The Morgan fingerprint density at radius 1 is 1.08 bits per heavy atom. The van der Waals surface area contributed by atoms with Crippen molar-refractivity contribution in [1.82, 2.24) is 10.6 Å². The molecule has 0 aliphatic heterocycles. The lowest BCUT2D eigenvalue weighted by Crippen LogP contribution is -2.42. The van der Waals surface area contributed by atoms with Crippen LogP contribution in [0.1, 0.15) is 30.5 Å². The molecule has 0 heterocycles. The van der Waals surface area contributed by atoms with Crippen LogP contribution in [0, 0.1) is 6.92 Å². The lowest BCUT2D eigenvalue weighted by atomic mass is 9.84. The van der Waals surface area contributed by atoms with Gasteiger partial charge in [-0.25, -0.2) is 4.79 Å². The summed E-state index contributed by atoms with van der Waals surface area (Å²) < 4.78 is 0. The summed E-state index contributed by atoms with van der Waals surface area (Å²) in [6, 6.07) is 16.0. The maximum Gasteiger partial charge on any atom is 0.314 e. The van der Waals surface area contributed by atoms with Crippen molar-refractivity contribution in [3.05, 3.63) is 70.2 Å². The summed E-state index contributed by atoms with van der Waals surface area (Å²) in [6.45, 7) is 7.49. The largest absolute Gasteiger partial charge is 0.338 e. The van der Waals surface area contributed by atoms with E-state index in [1.807, 2.05) is 24.3 Å². The van der Waals surface area contributed by atoms with Crippen LogP contribution in [0.5, 0.6) is 0 Å². The zero-order valence-corrected chi connectivity index (χ0v) is 15.3. The van der Waals surface area contributed by atoms with Gasteiger partial charge in [-0.2, -0.15) is 0 Å². The second-order valence-corrected chi connectivity index (χ2v) is 7.18. The van der Waals surface area contributed by atoms with E-state index in [-0.39, 0.29) is 11.4 Å². The quantitative estimate of drug-likeness (QED) is 0.797. The summed E-state index contributed by atoms with van der Waals surface area (Å²) in [4.78, 5) is 12.0. The van der Waals surface area contributed by atoms with Gasteiger partial charge in [0.15, 0.2) is 0 Å². The number of hydrogen-bond donors (Lipinski definition) is 2. The summed E-state index contributed by atoms with van der Waals surface area (Å²) in [5.74, 6) is 0. The molecule has 2 rings (SSSR count). The van der Waals surface area contributed by atoms with Crippen molar-refractivity contribution in [2.24, 2.45) is 0 Å². The molecule has 4 heteroatoms. The number of carbonyl (C=O) groups is 1. The van der Waals surface area contributed by atoms with Crippen LogP contribution in [0.2, 0.25) is 5.02 Å². The molecule has 0 saturated heterocycles. The molecule has 0 fully saturated rings. The summed E-state index contributed by atoms with van der Waals surface area (Å²) >= 11 is 5.95. The van der Waals surface area contributed by atoms with Crippen molar-refractivity contribution in [2.75, 3.05) is 13.1 Å². The molecule has 128 valence electrons. The van der Waals surface area contributed by atoms with Crippen LogP contribution in [0.4, 0.5) is 4.79 Å². The third kappa shape index (κ3) is 5.57. The SMILES string of the molecule is Cc1ccc(C(C)(C)CNC(=O)NCCc2cccc(Cl)c2)cc1. The number of urea groups is 1. The molecular weight excluding hydrogens is 320 g/mol. The van der Waals surface area contributed by atoms with Crippen molar-refractivity contribution in [1.29, 1.82) is 0 Å². The summed E-state index contributed by atoms with van der Waals surface area (Å²) in [5.41, 5.74) is 3.45. The Morgan fingerprint density at radius 2 is 1.79 bits per heavy atom. The van der Waals surface area contributed by atoms with Crippen molar-refractivity contribution >= 4 is 17.6 Å². The van der Waals surface area contributed by atoms with Gasteiger partial charge in [-0.3, -0.25) is 0 Å². The molecule has 0 aliphatic rings. The molecular formula is C20H25ClN2O. The fourth-order valence-corrected chi connectivity index (χ4v) is 2.70. The van der Waals surface area contributed by atoms with Gasteiger partial charge < -0.3 is 10.6 Å². The summed E-state index contributed by atoms with van der Waals surface area (Å²) in [5, 5.41) is 6.57. The van der Waals surface area contributed by atoms with E-state index in [1.54, 1.807) is 0 Å². The molecule has 0 aliphatic carbocycles. The molecule has 0 unspecified atom stereocenters. The minimum absolute atomic E-state index is 0.113. The minimum atomic E-state index is -0.141. The molecule has 24 heavy (non-hydrogen) atoms. The van der Waals surface area contributed by atoms with Gasteiger partial charge in [-0.1, -0.05) is 67.4 Å². The highest BCUT2D eigenvalue weighted by Gasteiger charge is 2.21. The number of carbonyl (C=O) groups excluding carboxylic acids is 1. The average Bonchev–Trinajstić information content (AvgIpc) is 2.54. The molecule has 2 amide bonds. The summed E-state index contributed by atoms with van der Waals surface area (Å²) in [7, 11) is 0. The first-order chi connectivity index (χ1) is 11.4. The number of hydrogen-bond acceptors (Lipinski definition) is 1. The molecule has 0 aromatic heterocycles. The number of rotatable bonds is 6. The monoisotopic (exact) mass is 344 g/mol. The van der Waals surface area contributed by atoms with Gasteiger partial charge in [-0.15, -0.1) is 0 Å². The second-order valence-electron chi connectivity index (χ2n) is 6.74. The van der Waals surface area contributed by atoms with E-state index in [1.165, 1.54) is 11.1 Å². The van der Waals surface area contributed by atoms with E-state index in [4.69, 9.17) is 11.6 Å². The number of benzene rings is 2. The first-order valence-corrected chi connectivity index (χ1v) is 8.58. The average molecular weight is 345 g/mol. The predicted molar refractivity (Wildman–Crippen MR) is 101 cm³/mol. The van der Waals surface area contributed by atoms with E-state index < -0.39 is 0 Å².